The van der Waals surface area contributed by atoms with Gasteiger partial charge < -0.3 is 21.3 Å². The third-order valence-corrected chi connectivity index (χ3v) is 4.24. The summed E-state index contributed by atoms with van der Waals surface area (Å²) in [7, 11) is 0. The highest BCUT2D eigenvalue weighted by Gasteiger charge is 2.11. The Balaban J connectivity index is 1.52. The van der Waals surface area contributed by atoms with Crippen LogP contribution in [0.5, 0.6) is 0 Å². The maximum Gasteiger partial charge on any atom is 0.155 e. The van der Waals surface area contributed by atoms with Crippen molar-refractivity contribution in [3.05, 3.63) is 36.4 Å². The first kappa shape index (κ1) is 16.4. The van der Waals surface area contributed by atoms with Crippen LogP contribution >= 0.6 is 0 Å². The third-order valence-electron chi connectivity index (χ3n) is 4.24. The summed E-state index contributed by atoms with van der Waals surface area (Å²) < 4.78 is 0. The SMILES string of the molecule is Nc1c(NCCN2CCCCC2)ncnc1NCc1cccnc1. The molecule has 0 amide bonds. The lowest BCUT2D eigenvalue weighted by molar-refractivity contribution is 0.237. The molecule has 4 N–H and O–H groups in total. The average Bonchev–Trinajstić information content (AvgIpc) is 2.64. The number of nitrogen functional groups attached to an aromatic ring is 1. The molecule has 0 saturated carbocycles. The average molecular weight is 327 g/mol. The molecule has 0 aromatic carbocycles. The van der Waals surface area contributed by atoms with Crippen molar-refractivity contribution >= 4 is 17.3 Å². The van der Waals surface area contributed by atoms with Crippen LogP contribution in [0.3, 0.4) is 0 Å². The fourth-order valence-corrected chi connectivity index (χ4v) is 2.88. The molecule has 1 aliphatic heterocycles. The number of aromatic nitrogens is 3. The first-order chi connectivity index (χ1) is 11.8. The van der Waals surface area contributed by atoms with Crippen molar-refractivity contribution in [2.45, 2.75) is 25.8 Å². The third kappa shape index (κ3) is 4.55. The molecule has 0 atom stereocenters. The number of likely N-dealkylation sites (tertiary alicyclic amines) is 1. The predicted molar refractivity (Wildman–Crippen MR) is 96.8 cm³/mol. The fourth-order valence-electron chi connectivity index (χ4n) is 2.88. The summed E-state index contributed by atoms with van der Waals surface area (Å²) in [5.74, 6) is 1.34. The van der Waals surface area contributed by atoms with E-state index in [2.05, 4.69) is 30.5 Å². The molecule has 3 heterocycles. The quantitative estimate of drug-likeness (QED) is 0.716. The van der Waals surface area contributed by atoms with Crippen molar-refractivity contribution in [3.63, 3.8) is 0 Å². The van der Waals surface area contributed by atoms with Crippen molar-refractivity contribution in [2.75, 3.05) is 42.5 Å². The summed E-state index contributed by atoms with van der Waals surface area (Å²) in [4.78, 5) is 15.1. The number of anilines is 3. The molecule has 1 saturated heterocycles. The molecule has 1 fully saturated rings. The lowest BCUT2D eigenvalue weighted by Gasteiger charge is -2.26. The van der Waals surface area contributed by atoms with Gasteiger partial charge in [0.05, 0.1) is 0 Å². The second kappa shape index (κ2) is 8.44. The van der Waals surface area contributed by atoms with E-state index in [0.29, 0.717) is 23.9 Å². The lowest BCUT2D eigenvalue weighted by atomic mass is 10.1. The fraction of sp³-hybridized carbons (Fsp3) is 0.471. The van der Waals surface area contributed by atoms with Gasteiger partial charge in [-0.3, -0.25) is 4.98 Å². The molecule has 0 aliphatic carbocycles. The number of nitrogens with two attached hydrogens (primary N) is 1. The molecule has 24 heavy (non-hydrogen) atoms. The Morgan fingerprint density at radius 1 is 1.08 bits per heavy atom. The monoisotopic (exact) mass is 327 g/mol. The Kier molecular flexibility index (Phi) is 5.79. The van der Waals surface area contributed by atoms with E-state index in [4.69, 9.17) is 5.73 Å². The van der Waals surface area contributed by atoms with Gasteiger partial charge in [-0.15, -0.1) is 0 Å². The summed E-state index contributed by atoms with van der Waals surface area (Å²) >= 11 is 0. The Hall–Kier alpha value is -2.41. The Labute approximate surface area is 142 Å². The standard InChI is InChI=1S/C17H25N7/c18-15-16(20-7-10-24-8-2-1-3-9-24)22-13-23-17(15)21-12-14-5-4-6-19-11-14/h4-6,11,13H,1-3,7-10,12,18H2,(H2,20,21,22,23). The van der Waals surface area contributed by atoms with E-state index in [0.717, 1.165) is 18.7 Å². The van der Waals surface area contributed by atoms with Crippen LogP contribution in [0.25, 0.3) is 0 Å². The van der Waals surface area contributed by atoms with Crippen LogP contribution in [0, 0.1) is 0 Å². The van der Waals surface area contributed by atoms with Gasteiger partial charge in [0, 0.05) is 32.0 Å². The number of hydrogen-bond donors (Lipinski definition) is 3. The number of rotatable bonds is 7. The minimum atomic E-state index is 0.556. The molecule has 7 nitrogen and oxygen atoms in total. The van der Waals surface area contributed by atoms with Gasteiger partial charge in [-0.05, 0) is 37.6 Å². The van der Waals surface area contributed by atoms with Crippen LogP contribution in [0.4, 0.5) is 17.3 Å². The number of pyridine rings is 1. The Morgan fingerprint density at radius 2 is 1.88 bits per heavy atom. The molecule has 2 aromatic heterocycles. The van der Waals surface area contributed by atoms with Gasteiger partial charge in [0.15, 0.2) is 11.6 Å². The number of piperidine rings is 1. The van der Waals surface area contributed by atoms with E-state index >= 15 is 0 Å². The smallest absolute Gasteiger partial charge is 0.155 e. The highest BCUT2D eigenvalue weighted by Crippen LogP contribution is 2.22. The Bertz CT molecular complexity index is 626. The normalized spacial score (nSPS) is 15.2. The lowest BCUT2D eigenvalue weighted by Crippen LogP contribution is -2.33. The van der Waals surface area contributed by atoms with Crippen LogP contribution in [0.15, 0.2) is 30.9 Å². The zero-order valence-corrected chi connectivity index (χ0v) is 13.9. The second-order valence-corrected chi connectivity index (χ2v) is 6.03. The molecule has 0 unspecified atom stereocenters. The van der Waals surface area contributed by atoms with E-state index < -0.39 is 0 Å². The molecular weight excluding hydrogens is 302 g/mol. The zero-order valence-electron chi connectivity index (χ0n) is 13.9. The van der Waals surface area contributed by atoms with Gasteiger partial charge in [0.25, 0.3) is 0 Å². The maximum atomic E-state index is 6.19. The zero-order chi connectivity index (χ0) is 16.6. The van der Waals surface area contributed by atoms with E-state index in [9.17, 15) is 0 Å². The summed E-state index contributed by atoms with van der Waals surface area (Å²) in [6, 6.07) is 3.92. The van der Waals surface area contributed by atoms with E-state index in [-0.39, 0.29) is 0 Å². The predicted octanol–water partition coefficient (Wildman–Crippen LogP) is 1.96. The highest BCUT2D eigenvalue weighted by atomic mass is 15.2. The van der Waals surface area contributed by atoms with Gasteiger partial charge in [0.2, 0.25) is 0 Å². The van der Waals surface area contributed by atoms with Crippen LogP contribution in [0.2, 0.25) is 0 Å². The van der Waals surface area contributed by atoms with Gasteiger partial charge in [-0.1, -0.05) is 12.5 Å². The summed E-state index contributed by atoms with van der Waals surface area (Å²) in [5, 5.41) is 6.57. The number of hydrogen-bond acceptors (Lipinski definition) is 7. The van der Waals surface area contributed by atoms with Gasteiger partial charge in [0.1, 0.15) is 12.0 Å². The molecule has 0 bridgehead atoms. The summed E-state index contributed by atoms with van der Waals surface area (Å²) in [6.45, 7) is 4.87. The van der Waals surface area contributed by atoms with Crippen molar-refractivity contribution in [2.24, 2.45) is 0 Å². The van der Waals surface area contributed by atoms with Gasteiger partial charge in [-0.2, -0.15) is 0 Å². The second-order valence-electron chi connectivity index (χ2n) is 6.03. The number of nitrogens with zero attached hydrogens (tertiary/aromatic N) is 4. The molecular formula is C17H25N7. The molecule has 0 spiro atoms. The van der Waals surface area contributed by atoms with E-state index in [1.165, 1.54) is 38.7 Å². The first-order valence-electron chi connectivity index (χ1n) is 8.52. The minimum Gasteiger partial charge on any atom is -0.393 e. The maximum absolute atomic E-state index is 6.19. The van der Waals surface area contributed by atoms with Crippen LogP contribution in [-0.4, -0.2) is 46.0 Å². The van der Waals surface area contributed by atoms with Crippen molar-refractivity contribution in [1.29, 1.82) is 0 Å². The molecule has 0 radical (unpaired) electrons. The molecule has 7 heteroatoms. The minimum absolute atomic E-state index is 0.556. The van der Waals surface area contributed by atoms with Crippen molar-refractivity contribution in [3.8, 4) is 0 Å². The topological polar surface area (TPSA) is 92.0 Å². The van der Waals surface area contributed by atoms with Crippen LogP contribution in [-0.2, 0) is 6.54 Å². The molecule has 128 valence electrons. The van der Waals surface area contributed by atoms with E-state index in [1.807, 2.05) is 18.3 Å². The summed E-state index contributed by atoms with van der Waals surface area (Å²) in [6.07, 6.45) is 9.07. The first-order valence-corrected chi connectivity index (χ1v) is 8.52. The molecule has 1 aliphatic rings. The van der Waals surface area contributed by atoms with Gasteiger partial charge in [-0.25, -0.2) is 9.97 Å². The van der Waals surface area contributed by atoms with Crippen molar-refractivity contribution in [1.82, 2.24) is 19.9 Å². The Morgan fingerprint density at radius 3 is 2.62 bits per heavy atom. The number of nitrogens with one attached hydrogen (secondary N) is 2. The molecule has 2 aromatic rings. The largest absolute Gasteiger partial charge is 0.393 e. The van der Waals surface area contributed by atoms with E-state index in [1.54, 1.807) is 6.20 Å². The van der Waals surface area contributed by atoms with Crippen LogP contribution < -0.4 is 16.4 Å². The highest BCUT2D eigenvalue weighted by molar-refractivity contribution is 5.73. The molecule has 3 rings (SSSR count). The van der Waals surface area contributed by atoms with Gasteiger partial charge >= 0.3 is 0 Å². The van der Waals surface area contributed by atoms with Crippen molar-refractivity contribution < 1.29 is 0 Å². The van der Waals surface area contributed by atoms with Crippen LogP contribution in [0.1, 0.15) is 24.8 Å². The summed E-state index contributed by atoms with van der Waals surface area (Å²) in [5.41, 5.74) is 7.82.